The Morgan fingerprint density at radius 3 is 2.71 bits per heavy atom. The third-order valence-electron chi connectivity index (χ3n) is 4.75. The molecule has 8 nitrogen and oxygen atoms in total. The van der Waals surface area contributed by atoms with E-state index in [0.717, 1.165) is 18.8 Å². The van der Waals surface area contributed by atoms with Crippen molar-refractivity contribution in [1.29, 1.82) is 0 Å². The van der Waals surface area contributed by atoms with Gasteiger partial charge in [0.15, 0.2) is 5.82 Å². The fraction of sp³-hybridized carbons (Fsp3) is 0.667. The second-order valence-corrected chi connectivity index (χ2v) is 6.61. The number of hydrogen-bond acceptors (Lipinski definition) is 7. The van der Waals surface area contributed by atoms with E-state index in [9.17, 15) is 9.18 Å². The lowest BCUT2D eigenvalue weighted by atomic mass is 9.91. The summed E-state index contributed by atoms with van der Waals surface area (Å²) in [6.07, 6.45) is 3.19. The molecule has 0 saturated carbocycles. The Hall–Kier alpha value is -1.84. The molecule has 1 spiro atoms. The summed E-state index contributed by atoms with van der Waals surface area (Å²) in [6, 6.07) is -0.315. The smallest absolute Gasteiger partial charge is 0.265 e. The Bertz CT molecular complexity index is 616. The molecule has 130 valence electrons. The SMILES string of the molecule is CN1CC2(CN(c3ncc(F)cn3)C2)OC[C@@H]1C(=O)N1CCCO1. The third kappa shape index (κ3) is 2.72. The molecule has 3 aliphatic heterocycles. The lowest BCUT2D eigenvalue weighted by molar-refractivity contribution is -0.191. The molecule has 4 heterocycles. The first kappa shape index (κ1) is 15.7. The first-order chi connectivity index (χ1) is 11.6. The Balaban J connectivity index is 1.35. The van der Waals surface area contributed by atoms with Crippen molar-refractivity contribution < 1.29 is 18.8 Å². The Morgan fingerprint density at radius 1 is 1.33 bits per heavy atom. The van der Waals surface area contributed by atoms with Crippen LogP contribution in [0.5, 0.6) is 0 Å². The van der Waals surface area contributed by atoms with Crippen molar-refractivity contribution in [2.45, 2.75) is 18.1 Å². The molecule has 24 heavy (non-hydrogen) atoms. The summed E-state index contributed by atoms with van der Waals surface area (Å²) in [4.78, 5) is 29.7. The van der Waals surface area contributed by atoms with E-state index in [1.54, 1.807) is 0 Å². The number of likely N-dealkylation sites (N-methyl/N-ethyl adjacent to an activating group) is 1. The predicted octanol–water partition coefficient (Wildman–Crippen LogP) is -0.331. The monoisotopic (exact) mass is 337 g/mol. The second-order valence-electron chi connectivity index (χ2n) is 6.61. The minimum absolute atomic E-state index is 0.0390. The number of morpholine rings is 1. The number of halogens is 1. The highest BCUT2D eigenvalue weighted by Gasteiger charge is 2.51. The molecular formula is C15H20FN5O3. The summed E-state index contributed by atoms with van der Waals surface area (Å²) >= 11 is 0. The maximum atomic E-state index is 12.9. The first-order valence-corrected chi connectivity index (χ1v) is 8.07. The van der Waals surface area contributed by atoms with Gasteiger partial charge in [-0.3, -0.25) is 14.5 Å². The summed E-state index contributed by atoms with van der Waals surface area (Å²) in [7, 11) is 1.93. The van der Waals surface area contributed by atoms with Gasteiger partial charge in [0.1, 0.15) is 11.6 Å². The average Bonchev–Trinajstić information content (AvgIpc) is 3.07. The molecule has 0 N–H and O–H groups in total. The number of nitrogens with zero attached hydrogens (tertiary/aromatic N) is 5. The van der Waals surface area contributed by atoms with Gasteiger partial charge in [-0.2, -0.15) is 0 Å². The third-order valence-corrected chi connectivity index (χ3v) is 4.75. The van der Waals surface area contributed by atoms with Crippen LogP contribution in [-0.4, -0.2) is 83.9 Å². The van der Waals surface area contributed by atoms with Crippen molar-refractivity contribution in [2.24, 2.45) is 0 Å². The maximum absolute atomic E-state index is 12.9. The van der Waals surface area contributed by atoms with Gasteiger partial charge >= 0.3 is 0 Å². The zero-order chi connectivity index (χ0) is 16.7. The van der Waals surface area contributed by atoms with Crippen LogP contribution in [0, 0.1) is 5.82 Å². The van der Waals surface area contributed by atoms with Gasteiger partial charge in [-0.15, -0.1) is 0 Å². The molecule has 4 rings (SSSR count). The highest BCUT2D eigenvalue weighted by Crippen LogP contribution is 2.33. The molecule has 0 radical (unpaired) electrons. The van der Waals surface area contributed by atoms with Crippen molar-refractivity contribution in [3.63, 3.8) is 0 Å². The molecule has 3 saturated heterocycles. The minimum Gasteiger partial charge on any atom is -0.368 e. The molecule has 3 aliphatic rings. The Labute approximate surface area is 139 Å². The van der Waals surface area contributed by atoms with Crippen molar-refractivity contribution in [3.8, 4) is 0 Å². The van der Waals surface area contributed by atoms with E-state index >= 15 is 0 Å². The summed E-state index contributed by atoms with van der Waals surface area (Å²) in [5.41, 5.74) is -0.324. The van der Waals surface area contributed by atoms with Crippen LogP contribution in [0.4, 0.5) is 10.3 Å². The predicted molar refractivity (Wildman–Crippen MR) is 81.6 cm³/mol. The number of ether oxygens (including phenoxy) is 1. The number of amides is 1. The molecular weight excluding hydrogens is 317 g/mol. The number of rotatable bonds is 2. The van der Waals surface area contributed by atoms with Crippen LogP contribution in [-0.2, 0) is 14.4 Å². The van der Waals surface area contributed by atoms with Gasteiger partial charge < -0.3 is 9.64 Å². The molecule has 1 aromatic heterocycles. The molecule has 0 bridgehead atoms. The van der Waals surface area contributed by atoms with Crippen LogP contribution < -0.4 is 4.90 Å². The average molecular weight is 337 g/mol. The zero-order valence-electron chi connectivity index (χ0n) is 13.5. The van der Waals surface area contributed by atoms with Gasteiger partial charge in [-0.05, 0) is 13.5 Å². The van der Waals surface area contributed by atoms with E-state index in [-0.39, 0.29) is 17.6 Å². The Kier molecular flexibility index (Phi) is 3.86. The normalized spacial score (nSPS) is 26.7. The summed E-state index contributed by atoms with van der Waals surface area (Å²) in [6.45, 7) is 3.49. The first-order valence-electron chi connectivity index (χ1n) is 8.07. The molecule has 1 aromatic rings. The van der Waals surface area contributed by atoms with Gasteiger partial charge in [-0.1, -0.05) is 0 Å². The van der Waals surface area contributed by atoms with E-state index in [1.807, 2.05) is 16.8 Å². The standard InChI is InChI=1S/C15H20FN5O3/c1-19-8-15(9-20(10-15)14-17-5-11(16)6-18-14)23-7-12(19)13(22)21-3-2-4-24-21/h5-6,12H,2-4,7-10H2,1H3/t12-/m1/s1. The van der Waals surface area contributed by atoms with Crippen molar-refractivity contribution >= 4 is 11.9 Å². The number of carbonyl (C=O) groups is 1. The van der Waals surface area contributed by atoms with E-state index < -0.39 is 5.82 Å². The molecule has 0 aliphatic carbocycles. The van der Waals surface area contributed by atoms with Crippen LogP contribution in [0.3, 0.4) is 0 Å². The number of aromatic nitrogens is 2. The van der Waals surface area contributed by atoms with Gasteiger partial charge in [0.05, 0.1) is 45.2 Å². The quantitative estimate of drug-likeness (QED) is 0.732. The van der Waals surface area contributed by atoms with Gasteiger partial charge in [-0.25, -0.2) is 19.4 Å². The van der Waals surface area contributed by atoms with E-state index in [4.69, 9.17) is 9.57 Å². The number of hydroxylamine groups is 2. The Morgan fingerprint density at radius 2 is 2.08 bits per heavy atom. The van der Waals surface area contributed by atoms with Crippen LogP contribution in [0.15, 0.2) is 12.4 Å². The van der Waals surface area contributed by atoms with Crippen molar-refractivity contribution in [3.05, 3.63) is 18.2 Å². The molecule has 0 aromatic carbocycles. The number of hydrogen-bond donors (Lipinski definition) is 0. The fourth-order valence-electron chi connectivity index (χ4n) is 3.49. The van der Waals surface area contributed by atoms with Crippen LogP contribution in [0.1, 0.15) is 6.42 Å². The van der Waals surface area contributed by atoms with Gasteiger partial charge in [0, 0.05) is 6.54 Å². The van der Waals surface area contributed by atoms with Crippen molar-refractivity contribution in [1.82, 2.24) is 19.9 Å². The maximum Gasteiger partial charge on any atom is 0.265 e. The highest BCUT2D eigenvalue weighted by molar-refractivity contribution is 5.81. The van der Waals surface area contributed by atoms with E-state index in [0.29, 0.717) is 45.3 Å². The molecule has 3 fully saturated rings. The van der Waals surface area contributed by atoms with Crippen LogP contribution >= 0.6 is 0 Å². The molecule has 0 unspecified atom stereocenters. The molecule has 1 atom stereocenters. The molecule has 1 amide bonds. The van der Waals surface area contributed by atoms with Gasteiger partial charge in [0.25, 0.3) is 5.91 Å². The number of carbonyl (C=O) groups excluding carboxylic acids is 1. The topological polar surface area (TPSA) is 71.0 Å². The van der Waals surface area contributed by atoms with Gasteiger partial charge in [0.2, 0.25) is 5.95 Å². The summed E-state index contributed by atoms with van der Waals surface area (Å²) in [5, 5.41) is 1.45. The summed E-state index contributed by atoms with van der Waals surface area (Å²) < 4.78 is 18.9. The number of anilines is 1. The van der Waals surface area contributed by atoms with E-state index in [1.165, 1.54) is 5.06 Å². The van der Waals surface area contributed by atoms with Crippen LogP contribution in [0.25, 0.3) is 0 Å². The fourth-order valence-corrected chi connectivity index (χ4v) is 3.49. The summed E-state index contributed by atoms with van der Waals surface area (Å²) in [5.74, 6) is 0.00737. The van der Waals surface area contributed by atoms with E-state index in [2.05, 4.69) is 9.97 Å². The largest absolute Gasteiger partial charge is 0.368 e. The highest BCUT2D eigenvalue weighted by atomic mass is 19.1. The lowest BCUT2D eigenvalue weighted by Crippen LogP contribution is -2.72. The zero-order valence-corrected chi connectivity index (χ0v) is 13.5. The second kappa shape index (κ2) is 5.91. The lowest BCUT2D eigenvalue weighted by Gasteiger charge is -2.54. The van der Waals surface area contributed by atoms with Crippen molar-refractivity contribution in [2.75, 3.05) is 51.3 Å². The minimum atomic E-state index is -0.451. The van der Waals surface area contributed by atoms with Crippen LogP contribution in [0.2, 0.25) is 0 Å². The molecule has 9 heteroatoms.